The maximum atomic E-state index is 5.28. The predicted molar refractivity (Wildman–Crippen MR) is 69.4 cm³/mol. The summed E-state index contributed by atoms with van der Waals surface area (Å²) in [5, 5.41) is 7.18. The maximum absolute atomic E-state index is 5.28. The third kappa shape index (κ3) is 3.15. The molecule has 0 saturated carbocycles. The van der Waals surface area contributed by atoms with Crippen LogP contribution in [0.25, 0.3) is 0 Å². The van der Waals surface area contributed by atoms with E-state index in [4.69, 9.17) is 12.2 Å². The highest BCUT2D eigenvalue weighted by molar-refractivity contribution is 7.71. The van der Waals surface area contributed by atoms with Crippen molar-refractivity contribution in [3.8, 4) is 0 Å². The summed E-state index contributed by atoms with van der Waals surface area (Å²) in [5.41, 5.74) is 0. The third-order valence-corrected chi connectivity index (χ3v) is 2.97. The number of rotatable bonds is 5. The Bertz CT molecular complexity index is 378. The molecule has 4 nitrogen and oxygen atoms in total. The lowest BCUT2D eigenvalue weighted by Crippen LogP contribution is -2.19. The second-order valence-corrected chi connectivity index (χ2v) is 5.24. The highest BCUT2D eigenvalue weighted by atomic mass is 32.1. The highest BCUT2D eigenvalue weighted by Gasteiger charge is 2.15. The van der Waals surface area contributed by atoms with Gasteiger partial charge in [-0.15, -0.1) is 0 Å². The van der Waals surface area contributed by atoms with Crippen molar-refractivity contribution in [2.75, 3.05) is 20.6 Å². The van der Waals surface area contributed by atoms with Crippen molar-refractivity contribution in [1.82, 2.24) is 19.7 Å². The molecule has 0 amide bonds. The molecule has 0 aliphatic rings. The van der Waals surface area contributed by atoms with Crippen LogP contribution >= 0.6 is 12.2 Å². The quantitative estimate of drug-likeness (QED) is 0.806. The monoisotopic (exact) mass is 242 g/mol. The van der Waals surface area contributed by atoms with Crippen molar-refractivity contribution in [3.05, 3.63) is 10.6 Å². The van der Waals surface area contributed by atoms with Crippen LogP contribution in [0.4, 0.5) is 0 Å². The van der Waals surface area contributed by atoms with Crippen molar-refractivity contribution in [3.63, 3.8) is 0 Å². The zero-order valence-electron chi connectivity index (χ0n) is 10.8. The molecule has 1 atom stereocenters. The molecule has 0 radical (unpaired) electrons. The number of aromatic nitrogens is 3. The van der Waals surface area contributed by atoms with Crippen LogP contribution in [0.2, 0.25) is 0 Å². The fourth-order valence-corrected chi connectivity index (χ4v) is 2.04. The van der Waals surface area contributed by atoms with Gasteiger partial charge < -0.3 is 9.47 Å². The van der Waals surface area contributed by atoms with Gasteiger partial charge in [-0.1, -0.05) is 13.8 Å². The molecular weight excluding hydrogens is 220 g/mol. The molecule has 1 unspecified atom stereocenters. The average molecular weight is 242 g/mol. The molecule has 0 spiro atoms. The summed E-state index contributed by atoms with van der Waals surface area (Å²) in [6.07, 6.45) is 1.08. The zero-order valence-corrected chi connectivity index (χ0v) is 11.6. The van der Waals surface area contributed by atoms with E-state index in [1.165, 1.54) is 0 Å². The second-order valence-electron chi connectivity index (χ2n) is 4.85. The number of nitrogens with zero attached hydrogens (tertiary/aromatic N) is 3. The zero-order chi connectivity index (χ0) is 12.3. The molecule has 1 N–H and O–H groups in total. The summed E-state index contributed by atoms with van der Waals surface area (Å²) in [7, 11) is 4.18. The van der Waals surface area contributed by atoms with Gasteiger partial charge in [0.15, 0.2) is 4.77 Å². The first kappa shape index (κ1) is 13.4. The van der Waals surface area contributed by atoms with Crippen molar-refractivity contribution in [2.24, 2.45) is 0 Å². The SMILES string of the molecule is CC(C)c1n[nH]c(=S)n1C(C)CCN(C)C. The molecule has 1 aromatic heterocycles. The first-order valence-corrected chi connectivity index (χ1v) is 6.15. The summed E-state index contributed by atoms with van der Waals surface area (Å²) in [6.45, 7) is 7.53. The minimum absolute atomic E-state index is 0.394. The van der Waals surface area contributed by atoms with Gasteiger partial charge in [0, 0.05) is 12.0 Å². The predicted octanol–water partition coefficient (Wildman–Crippen LogP) is 2.58. The van der Waals surface area contributed by atoms with E-state index in [9.17, 15) is 0 Å². The topological polar surface area (TPSA) is 36.9 Å². The number of H-pyrrole nitrogens is 1. The van der Waals surface area contributed by atoms with Gasteiger partial charge >= 0.3 is 0 Å². The molecule has 16 heavy (non-hydrogen) atoms. The Morgan fingerprint density at radius 3 is 2.50 bits per heavy atom. The Labute approximate surface area is 103 Å². The van der Waals surface area contributed by atoms with Gasteiger partial charge in [-0.25, -0.2) is 0 Å². The van der Waals surface area contributed by atoms with Crippen LogP contribution < -0.4 is 0 Å². The van der Waals surface area contributed by atoms with Crippen LogP contribution in [-0.4, -0.2) is 40.3 Å². The number of nitrogens with one attached hydrogen (secondary N) is 1. The van der Waals surface area contributed by atoms with Gasteiger partial charge in [0.25, 0.3) is 0 Å². The largest absolute Gasteiger partial charge is 0.309 e. The number of hydrogen-bond donors (Lipinski definition) is 1. The van der Waals surface area contributed by atoms with Gasteiger partial charge in [-0.05, 0) is 46.2 Å². The van der Waals surface area contributed by atoms with E-state index in [1.54, 1.807) is 0 Å². The van der Waals surface area contributed by atoms with Crippen molar-refractivity contribution in [1.29, 1.82) is 0 Å². The molecule has 0 aromatic carbocycles. The molecule has 0 bridgehead atoms. The molecule has 5 heteroatoms. The van der Waals surface area contributed by atoms with Crippen LogP contribution in [-0.2, 0) is 0 Å². The van der Waals surface area contributed by atoms with Crippen molar-refractivity contribution >= 4 is 12.2 Å². The normalized spacial score (nSPS) is 13.7. The van der Waals surface area contributed by atoms with Gasteiger partial charge in [0.2, 0.25) is 0 Å². The van der Waals surface area contributed by atoms with Gasteiger partial charge in [-0.2, -0.15) is 5.10 Å². The third-order valence-electron chi connectivity index (χ3n) is 2.68. The van der Waals surface area contributed by atoms with E-state index in [-0.39, 0.29) is 0 Å². The maximum Gasteiger partial charge on any atom is 0.195 e. The Balaban J connectivity index is 2.85. The van der Waals surface area contributed by atoms with Crippen LogP contribution in [0, 0.1) is 4.77 Å². The van der Waals surface area contributed by atoms with Crippen LogP contribution in [0.15, 0.2) is 0 Å². The van der Waals surface area contributed by atoms with E-state index in [0.717, 1.165) is 23.6 Å². The van der Waals surface area contributed by atoms with Crippen LogP contribution in [0.1, 0.15) is 45.0 Å². The Morgan fingerprint density at radius 1 is 1.38 bits per heavy atom. The fraction of sp³-hybridized carbons (Fsp3) is 0.818. The first-order chi connectivity index (χ1) is 7.43. The summed E-state index contributed by atoms with van der Waals surface area (Å²) in [5.74, 6) is 1.45. The van der Waals surface area contributed by atoms with Crippen LogP contribution in [0.3, 0.4) is 0 Å². The minimum Gasteiger partial charge on any atom is -0.309 e. The minimum atomic E-state index is 0.394. The van der Waals surface area contributed by atoms with Crippen molar-refractivity contribution in [2.45, 2.75) is 39.2 Å². The van der Waals surface area contributed by atoms with E-state index in [0.29, 0.717) is 12.0 Å². The molecule has 1 heterocycles. The van der Waals surface area contributed by atoms with Crippen LogP contribution in [0.5, 0.6) is 0 Å². The lowest BCUT2D eigenvalue weighted by molar-refractivity contribution is 0.351. The molecule has 1 aromatic rings. The molecule has 0 aliphatic heterocycles. The number of hydrogen-bond acceptors (Lipinski definition) is 3. The molecule has 0 saturated heterocycles. The molecule has 0 aliphatic carbocycles. The van der Waals surface area contributed by atoms with E-state index >= 15 is 0 Å². The lowest BCUT2D eigenvalue weighted by Gasteiger charge is -2.19. The lowest BCUT2D eigenvalue weighted by atomic mass is 10.1. The highest BCUT2D eigenvalue weighted by Crippen LogP contribution is 2.19. The standard InChI is InChI=1S/C11H22N4S/c1-8(2)10-12-13-11(16)15(10)9(3)6-7-14(4)5/h8-9H,6-7H2,1-5H3,(H,13,16). The molecule has 0 fully saturated rings. The summed E-state index contributed by atoms with van der Waals surface area (Å²) in [6, 6.07) is 0.394. The average Bonchev–Trinajstić information content (AvgIpc) is 2.56. The molecule has 1 rings (SSSR count). The van der Waals surface area contributed by atoms with E-state index in [1.807, 2.05) is 0 Å². The van der Waals surface area contributed by atoms with Gasteiger partial charge in [0.1, 0.15) is 5.82 Å². The Morgan fingerprint density at radius 2 is 2.00 bits per heavy atom. The Hall–Kier alpha value is -0.680. The smallest absolute Gasteiger partial charge is 0.195 e. The molecule has 92 valence electrons. The summed E-state index contributed by atoms with van der Waals surface area (Å²) < 4.78 is 2.87. The van der Waals surface area contributed by atoms with Crippen molar-refractivity contribution < 1.29 is 0 Å². The fourth-order valence-electron chi connectivity index (χ4n) is 1.72. The van der Waals surface area contributed by atoms with E-state index in [2.05, 4.69) is 54.5 Å². The second kappa shape index (κ2) is 5.59. The number of aromatic amines is 1. The van der Waals surface area contributed by atoms with E-state index < -0.39 is 0 Å². The summed E-state index contributed by atoms with van der Waals surface area (Å²) >= 11 is 5.28. The van der Waals surface area contributed by atoms with Gasteiger partial charge in [0.05, 0.1) is 0 Å². The van der Waals surface area contributed by atoms with Gasteiger partial charge in [-0.3, -0.25) is 5.10 Å². The first-order valence-electron chi connectivity index (χ1n) is 5.75. The Kier molecular flexibility index (Phi) is 4.68. The summed E-state index contributed by atoms with van der Waals surface area (Å²) in [4.78, 5) is 2.19. The molecular formula is C11H22N4S.